The highest BCUT2D eigenvalue weighted by Gasteiger charge is 2.13. The van der Waals surface area contributed by atoms with E-state index in [2.05, 4.69) is 45.0 Å². The molecule has 0 atom stereocenters. The number of benzene rings is 1. The van der Waals surface area contributed by atoms with Gasteiger partial charge in [0.2, 0.25) is 0 Å². The van der Waals surface area contributed by atoms with Gasteiger partial charge in [-0.2, -0.15) is 0 Å². The molecule has 0 radical (unpaired) electrons. The molecule has 0 bridgehead atoms. The molecule has 1 rings (SSSR count). The molecule has 17 heavy (non-hydrogen) atoms. The fourth-order valence-corrected chi connectivity index (χ4v) is 2.61. The van der Waals surface area contributed by atoms with E-state index < -0.39 is 0 Å². The molecule has 0 spiro atoms. The summed E-state index contributed by atoms with van der Waals surface area (Å²) in [6.07, 6.45) is 9.28. The predicted octanol–water partition coefficient (Wildman–Crippen LogP) is 5.71. The fourth-order valence-electron chi connectivity index (χ4n) is 2.61. The summed E-state index contributed by atoms with van der Waals surface area (Å²) in [4.78, 5) is 0. The molecule has 0 aliphatic rings. The minimum atomic E-state index is 0.797. The third-order valence-corrected chi connectivity index (χ3v) is 3.69. The Balaban J connectivity index is 2.78. The lowest BCUT2D eigenvalue weighted by molar-refractivity contribution is 0.522. The second-order valence-electron chi connectivity index (χ2n) is 5.03. The molecule has 0 heterocycles. The van der Waals surface area contributed by atoms with Crippen LogP contribution in [-0.2, 0) is 6.42 Å². The Morgan fingerprint density at radius 3 is 2.00 bits per heavy atom. The molecule has 0 saturated heterocycles. The maximum absolute atomic E-state index is 2.36. The van der Waals surface area contributed by atoms with Crippen molar-refractivity contribution in [3.05, 3.63) is 35.4 Å². The number of hydrogen-bond donors (Lipinski definition) is 0. The van der Waals surface area contributed by atoms with Gasteiger partial charge in [-0.05, 0) is 36.3 Å². The largest absolute Gasteiger partial charge is 0.0654 e. The van der Waals surface area contributed by atoms with Crippen LogP contribution in [0.4, 0.5) is 0 Å². The van der Waals surface area contributed by atoms with E-state index in [9.17, 15) is 0 Å². The minimum Gasteiger partial charge on any atom is -0.0654 e. The lowest BCUT2D eigenvalue weighted by Gasteiger charge is -2.20. The molecular weight excluding hydrogens is 204 g/mol. The quantitative estimate of drug-likeness (QED) is 0.538. The first-order chi connectivity index (χ1) is 8.33. The molecule has 0 fully saturated rings. The molecule has 0 aliphatic heterocycles. The zero-order valence-corrected chi connectivity index (χ0v) is 11.8. The van der Waals surface area contributed by atoms with Crippen molar-refractivity contribution < 1.29 is 0 Å². The van der Waals surface area contributed by atoms with E-state index in [1.165, 1.54) is 44.9 Å². The van der Waals surface area contributed by atoms with Gasteiger partial charge in [-0.3, -0.25) is 0 Å². The molecule has 1 aromatic rings. The van der Waals surface area contributed by atoms with Gasteiger partial charge in [-0.1, -0.05) is 70.7 Å². The lowest BCUT2D eigenvalue weighted by Crippen LogP contribution is -2.03. The normalized spacial score (nSPS) is 11.1. The Hall–Kier alpha value is -0.780. The van der Waals surface area contributed by atoms with Crippen molar-refractivity contribution in [2.75, 3.05) is 0 Å². The Labute approximate surface area is 107 Å². The second-order valence-corrected chi connectivity index (χ2v) is 5.03. The fraction of sp³-hybridized carbons (Fsp3) is 0.647. The van der Waals surface area contributed by atoms with Gasteiger partial charge in [0.05, 0.1) is 0 Å². The van der Waals surface area contributed by atoms with Crippen LogP contribution in [0.5, 0.6) is 0 Å². The van der Waals surface area contributed by atoms with Crippen LogP contribution in [0.1, 0.15) is 76.3 Å². The van der Waals surface area contributed by atoms with Crippen LogP contribution in [0.3, 0.4) is 0 Å². The molecular formula is C17H28. The molecule has 0 N–H and O–H groups in total. The average Bonchev–Trinajstić information content (AvgIpc) is 2.39. The Morgan fingerprint density at radius 2 is 1.47 bits per heavy atom. The van der Waals surface area contributed by atoms with Gasteiger partial charge >= 0.3 is 0 Å². The van der Waals surface area contributed by atoms with Crippen LogP contribution < -0.4 is 0 Å². The molecule has 0 nitrogen and oxygen atoms in total. The minimum absolute atomic E-state index is 0.797. The Kier molecular flexibility index (Phi) is 7.00. The van der Waals surface area contributed by atoms with Gasteiger partial charge in [0.15, 0.2) is 0 Å². The first kappa shape index (κ1) is 14.3. The van der Waals surface area contributed by atoms with E-state index in [-0.39, 0.29) is 0 Å². The van der Waals surface area contributed by atoms with Crippen LogP contribution in [0.15, 0.2) is 24.3 Å². The third-order valence-electron chi connectivity index (χ3n) is 3.69. The monoisotopic (exact) mass is 232 g/mol. The first-order valence-corrected chi connectivity index (χ1v) is 7.41. The summed E-state index contributed by atoms with van der Waals surface area (Å²) < 4.78 is 0. The maximum Gasteiger partial charge on any atom is -0.0159 e. The van der Waals surface area contributed by atoms with Crippen molar-refractivity contribution in [3.63, 3.8) is 0 Å². The van der Waals surface area contributed by atoms with Crippen molar-refractivity contribution >= 4 is 0 Å². The summed E-state index contributed by atoms with van der Waals surface area (Å²) in [7, 11) is 0. The van der Waals surface area contributed by atoms with Gasteiger partial charge in [0, 0.05) is 0 Å². The van der Waals surface area contributed by atoms with E-state index in [1.807, 2.05) is 0 Å². The number of unbranched alkanes of at least 4 members (excludes halogenated alkanes) is 2. The van der Waals surface area contributed by atoms with Crippen LogP contribution >= 0.6 is 0 Å². The predicted molar refractivity (Wildman–Crippen MR) is 77.6 cm³/mol. The van der Waals surface area contributed by atoms with Crippen molar-refractivity contribution in [1.82, 2.24) is 0 Å². The molecule has 0 aromatic heterocycles. The smallest absolute Gasteiger partial charge is 0.0159 e. The van der Waals surface area contributed by atoms with Crippen molar-refractivity contribution in [1.29, 1.82) is 0 Å². The van der Waals surface area contributed by atoms with Crippen LogP contribution in [0.25, 0.3) is 0 Å². The van der Waals surface area contributed by atoms with Gasteiger partial charge in [-0.15, -0.1) is 0 Å². The van der Waals surface area contributed by atoms with Gasteiger partial charge in [0.25, 0.3) is 0 Å². The highest BCUT2D eigenvalue weighted by Crippen LogP contribution is 2.30. The molecule has 96 valence electrons. The highest BCUT2D eigenvalue weighted by atomic mass is 14.2. The molecule has 0 heteroatoms. The second kappa shape index (κ2) is 8.33. The average molecular weight is 232 g/mol. The standard InChI is InChI=1S/C17H28/c1-4-7-11-16(12-8-5-2)17-14-10-9-13-15(17)6-3/h9-10,13-14,16H,4-8,11-12H2,1-3H3. The summed E-state index contributed by atoms with van der Waals surface area (Å²) in [5.41, 5.74) is 3.18. The van der Waals surface area contributed by atoms with Crippen molar-refractivity contribution in [2.45, 2.75) is 71.6 Å². The number of hydrogen-bond acceptors (Lipinski definition) is 0. The molecule has 0 amide bonds. The summed E-state index contributed by atoms with van der Waals surface area (Å²) in [5, 5.41) is 0. The van der Waals surface area contributed by atoms with Gasteiger partial charge in [-0.25, -0.2) is 0 Å². The molecule has 0 aliphatic carbocycles. The third kappa shape index (κ3) is 4.53. The maximum atomic E-state index is 2.36. The van der Waals surface area contributed by atoms with Gasteiger partial charge < -0.3 is 0 Å². The van der Waals surface area contributed by atoms with Crippen molar-refractivity contribution in [2.24, 2.45) is 0 Å². The number of rotatable bonds is 8. The molecule has 0 saturated carbocycles. The lowest BCUT2D eigenvalue weighted by atomic mass is 9.85. The zero-order chi connectivity index (χ0) is 12.5. The van der Waals surface area contributed by atoms with Crippen molar-refractivity contribution in [3.8, 4) is 0 Å². The molecule has 0 unspecified atom stereocenters. The van der Waals surface area contributed by atoms with E-state index >= 15 is 0 Å². The summed E-state index contributed by atoms with van der Waals surface area (Å²) in [6.45, 7) is 6.86. The van der Waals surface area contributed by atoms with Crippen LogP contribution in [-0.4, -0.2) is 0 Å². The SMILES string of the molecule is CCCCC(CCCC)c1ccccc1CC. The van der Waals surface area contributed by atoms with Gasteiger partial charge in [0.1, 0.15) is 0 Å². The van der Waals surface area contributed by atoms with E-state index in [0.717, 1.165) is 5.92 Å². The molecule has 1 aromatic carbocycles. The van der Waals surface area contributed by atoms with E-state index in [4.69, 9.17) is 0 Å². The topological polar surface area (TPSA) is 0 Å². The van der Waals surface area contributed by atoms with E-state index in [1.54, 1.807) is 11.1 Å². The van der Waals surface area contributed by atoms with Crippen LogP contribution in [0, 0.1) is 0 Å². The van der Waals surface area contributed by atoms with Crippen LogP contribution in [0.2, 0.25) is 0 Å². The Morgan fingerprint density at radius 1 is 0.882 bits per heavy atom. The highest BCUT2D eigenvalue weighted by molar-refractivity contribution is 5.30. The summed E-state index contributed by atoms with van der Waals surface area (Å²) in [5.74, 6) is 0.797. The summed E-state index contributed by atoms with van der Waals surface area (Å²) >= 11 is 0. The zero-order valence-electron chi connectivity index (χ0n) is 11.8. The van der Waals surface area contributed by atoms with E-state index in [0.29, 0.717) is 0 Å². The summed E-state index contributed by atoms with van der Waals surface area (Å²) in [6, 6.07) is 9.05. The number of aryl methyl sites for hydroxylation is 1. The first-order valence-electron chi connectivity index (χ1n) is 7.41. The Bertz CT molecular complexity index is 293.